The van der Waals surface area contributed by atoms with E-state index in [4.69, 9.17) is 5.73 Å². The van der Waals surface area contributed by atoms with Gasteiger partial charge in [0.05, 0.1) is 5.52 Å². The zero-order valence-electron chi connectivity index (χ0n) is 10.2. The summed E-state index contributed by atoms with van der Waals surface area (Å²) < 4.78 is 0. The zero-order chi connectivity index (χ0) is 11.9. The van der Waals surface area contributed by atoms with E-state index in [9.17, 15) is 0 Å². The van der Waals surface area contributed by atoms with Crippen molar-refractivity contribution >= 4 is 22.3 Å². The molecule has 0 spiro atoms. The van der Waals surface area contributed by atoms with Crippen LogP contribution in [0, 0.1) is 13.8 Å². The second kappa shape index (κ2) is 3.67. The molecule has 0 radical (unpaired) electrons. The van der Waals surface area contributed by atoms with Gasteiger partial charge in [-0.2, -0.15) is 0 Å². The molecule has 0 aliphatic carbocycles. The van der Waals surface area contributed by atoms with Gasteiger partial charge in [0.1, 0.15) is 0 Å². The highest BCUT2D eigenvalue weighted by Gasteiger charge is 2.07. The average molecular weight is 215 g/mol. The number of hydrogen-bond donors (Lipinski definition) is 1. The quantitative estimate of drug-likeness (QED) is 0.794. The van der Waals surface area contributed by atoms with Crippen LogP contribution in [0.2, 0.25) is 0 Å². The first kappa shape index (κ1) is 10.7. The molecule has 2 aromatic rings. The third-order valence-corrected chi connectivity index (χ3v) is 3.02. The summed E-state index contributed by atoms with van der Waals surface area (Å²) in [5, 5.41) is 1.04. The molecule has 84 valence electrons. The third kappa shape index (κ3) is 1.58. The minimum atomic E-state index is 0.839. The first-order valence-corrected chi connectivity index (χ1v) is 5.34. The number of pyridine rings is 1. The van der Waals surface area contributed by atoms with Crippen molar-refractivity contribution in [1.29, 1.82) is 0 Å². The Balaban J connectivity index is 2.78. The van der Waals surface area contributed by atoms with Crippen LogP contribution < -0.4 is 10.6 Å². The molecular weight excluding hydrogens is 198 g/mol. The fourth-order valence-corrected chi connectivity index (χ4v) is 1.78. The molecule has 1 aromatic heterocycles. The number of aromatic nitrogens is 1. The fraction of sp³-hybridized carbons (Fsp3) is 0.308. The molecule has 0 fully saturated rings. The van der Waals surface area contributed by atoms with Crippen LogP contribution in [-0.2, 0) is 0 Å². The first-order valence-electron chi connectivity index (χ1n) is 5.34. The van der Waals surface area contributed by atoms with Crippen LogP contribution in [0.4, 0.5) is 11.4 Å². The Hall–Kier alpha value is -1.77. The molecule has 0 saturated carbocycles. The van der Waals surface area contributed by atoms with Crippen molar-refractivity contribution in [1.82, 2.24) is 4.98 Å². The minimum absolute atomic E-state index is 0.839. The Labute approximate surface area is 95.9 Å². The molecular formula is C13H17N3. The lowest BCUT2D eigenvalue weighted by Gasteiger charge is -2.15. The summed E-state index contributed by atoms with van der Waals surface area (Å²) in [7, 11) is 4.04. The van der Waals surface area contributed by atoms with E-state index < -0.39 is 0 Å². The van der Waals surface area contributed by atoms with Crippen molar-refractivity contribution < 1.29 is 0 Å². The molecule has 1 heterocycles. The van der Waals surface area contributed by atoms with E-state index >= 15 is 0 Å². The van der Waals surface area contributed by atoms with Gasteiger partial charge in [0, 0.05) is 36.6 Å². The molecule has 0 aliphatic heterocycles. The maximum atomic E-state index is 6.13. The van der Waals surface area contributed by atoms with E-state index in [2.05, 4.69) is 22.0 Å². The molecule has 0 aliphatic rings. The molecule has 3 nitrogen and oxygen atoms in total. The molecule has 0 unspecified atom stereocenters. The minimum Gasteiger partial charge on any atom is -0.398 e. The standard InChI is InChI=1S/C13H17N3/c1-8-9(2)15-12-6-5-10(16(3)4)7-11(12)13(8)14/h5-7H,1-4H3,(H2,14,15). The highest BCUT2D eigenvalue weighted by molar-refractivity contribution is 5.94. The lowest BCUT2D eigenvalue weighted by Crippen LogP contribution is -2.08. The van der Waals surface area contributed by atoms with Crippen molar-refractivity contribution in [3.8, 4) is 0 Å². The predicted octanol–water partition coefficient (Wildman–Crippen LogP) is 2.50. The summed E-state index contributed by atoms with van der Waals surface area (Å²) in [4.78, 5) is 6.60. The van der Waals surface area contributed by atoms with Crippen molar-refractivity contribution in [3.63, 3.8) is 0 Å². The summed E-state index contributed by atoms with van der Waals surface area (Å²) in [6.45, 7) is 4.00. The van der Waals surface area contributed by atoms with E-state index in [1.165, 1.54) is 0 Å². The molecule has 1 aromatic carbocycles. The number of hydrogen-bond acceptors (Lipinski definition) is 3. The molecule has 2 N–H and O–H groups in total. The van der Waals surface area contributed by atoms with E-state index in [1.807, 2.05) is 34.0 Å². The van der Waals surface area contributed by atoms with E-state index in [0.29, 0.717) is 0 Å². The number of anilines is 2. The summed E-state index contributed by atoms with van der Waals surface area (Å²) in [6.07, 6.45) is 0. The van der Waals surface area contributed by atoms with Gasteiger partial charge in [0.25, 0.3) is 0 Å². The molecule has 16 heavy (non-hydrogen) atoms. The van der Waals surface area contributed by atoms with Crippen LogP contribution in [0.3, 0.4) is 0 Å². The SMILES string of the molecule is Cc1nc2ccc(N(C)C)cc2c(N)c1C. The summed E-state index contributed by atoms with van der Waals surface area (Å²) in [6, 6.07) is 6.17. The summed E-state index contributed by atoms with van der Waals surface area (Å²) >= 11 is 0. The normalized spacial score (nSPS) is 10.8. The highest BCUT2D eigenvalue weighted by atomic mass is 15.1. The monoisotopic (exact) mass is 215 g/mol. The first-order chi connectivity index (χ1) is 7.50. The van der Waals surface area contributed by atoms with E-state index in [-0.39, 0.29) is 0 Å². The van der Waals surface area contributed by atoms with Crippen molar-refractivity contribution in [2.45, 2.75) is 13.8 Å². The van der Waals surface area contributed by atoms with Crippen molar-refractivity contribution in [3.05, 3.63) is 29.5 Å². The largest absolute Gasteiger partial charge is 0.398 e. The van der Waals surface area contributed by atoms with Crippen LogP contribution in [0.25, 0.3) is 10.9 Å². The Morgan fingerprint density at radius 1 is 1.19 bits per heavy atom. The lowest BCUT2D eigenvalue weighted by molar-refractivity contribution is 1.13. The summed E-state index contributed by atoms with van der Waals surface area (Å²) in [5.41, 5.74) is 11.2. The number of rotatable bonds is 1. The predicted molar refractivity (Wildman–Crippen MR) is 70.0 cm³/mol. The second-order valence-corrected chi connectivity index (χ2v) is 4.33. The highest BCUT2D eigenvalue weighted by Crippen LogP contribution is 2.28. The van der Waals surface area contributed by atoms with Crippen molar-refractivity contribution in [2.75, 3.05) is 24.7 Å². The van der Waals surface area contributed by atoms with E-state index in [0.717, 1.165) is 33.5 Å². The van der Waals surface area contributed by atoms with E-state index in [1.54, 1.807) is 0 Å². The Morgan fingerprint density at radius 3 is 2.50 bits per heavy atom. The number of nitrogen functional groups attached to an aromatic ring is 1. The van der Waals surface area contributed by atoms with Crippen molar-refractivity contribution in [2.24, 2.45) is 0 Å². The molecule has 0 saturated heterocycles. The van der Waals surface area contributed by atoms with Gasteiger partial charge < -0.3 is 10.6 Å². The van der Waals surface area contributed by atoms with Gasteiger partial charge in [-0.15, -0.1) is 0 Å². The number of nitrogens with two attached hydrogens (primary N) is 1. The fourth-order valence-electron chi connectivity index (χ4n) is 1.78. The molecule has 3 heteroatoms. The summed E-state index contributed by atoms with van der Waals surface area (Å²) in [5.74, 6) is 0. The van der Waals surface area contributed by atoms with Crippen LogP contribution >= 0.6 is 0 Å². The average Bonchev–Trinajstić information content (AvgIpc) is 2.25. The van der Waals surface area contributed by atoms with Gasteiger partial charge in [0.2, 0.25) is 0 Å². The number of fused-ring (bicyclic) bond motifs is 1. The van der Waals surface area contributed by atoms with Gasteiger partial charge in [-0.05, 0) is 37.6 Å². The van der Waals surface area contributed by atoms with Gasteiger partial charge in [-0.25, -0.2) is 0 Å². The van der Waals surface area contributed by atoms with Gasteiger partial charge in [-0.3, -0.25) is 4.98 Å². The smallest absolute Gasteiger partial charge is 0.0727 e. The van der Waals surface area contributed by atoms with Crippen LogP contribution in [-0.4, -0.2) is 19.1 Å². The Morgan fingerprint density at radius 2 is 1.88 bits per heavy atom. The number of benzene rings is 1. The zero-order valence-corrected chi connectivity index (χ0v) is 10.2. The molecule has 0 atom stereocenters. The number of aryl methyl sites for hydroxylation is 1. The Bertz CT molecular complexity index is 544. The topological polar surface area (TPSA) is 42.2 Å². The molecule has 2 rings (SSSR count). The van der Waals surface area contributed by atoms with Gasteiger partial charge in [-0.1, -0.05) is 0 Å². The van der Waals surface area contributed by atoms with Crippen LogP contribution in [0.5, 0.6) is 0 Å². The number of nitrogens with zero attached hydrogens (tertiary/aromatic N) is 2. The molecule has 0 bridgehead atoms. The third-order valence-electron chi connectivity index (χ3n) is 3.02. The Kier molecular flexibility index (Phi) is 2.46. The van der Waals surface area contributed by atoms with Crippen LogP contribution in [0.1, 0.15) is 11.3 Å². The lowest BCUT2D eigenvalue weighted by atomic mass is 10.1. The second-order valence-electron chi connectivity index (χ2n) is 4.33. The maximum Gasteiger partial charge on any atom is 0.0727 e. The molecule has 0 amide bonds. The van der Waals surface area contributed by atoms with Gasteiger partial charge >= 0.3 is 0 Å². The van der Waals surface area contributed by atoms with Gasteiger partial charge in [0.15, 0.2) is 0 Å². The van der Waals surface area contributed by atoms with Crippen LogP contribution in [0.15, 0.2) is 18.2 Å². The maximum absolute atomic E-state index is 6.13.